The quantitative estimate of drug-likeness (QED) is 0.777. The second-order valence-electron chi connectivity index (χ2n) is 5.29. The lowest BCUT2D eigenvalue weighted by Gasteiger charge is -2.27. The Balaban J connectivity index is 2.32. The summed E-state index contributed by atoms with van der Waals surface area (Å²) in [4.78, 5) is 0.308. The summed E-state index contributed by atoms with van der Waals surface area (Å²) >= 11 is 3.39. The summed E-state index contributed by atoms with van der Waals surface area (Å²) in [6, 6.07) is 4.99. The van der Waals surface area contributed by atoms with Crippen molar-refractivity contribution in [2.24, 2.45) is 0 Å². The lowest BCUT2D eigenvalue weighted by Crippen LogP contribution is -2.42. The van der Waals surface area contributed by atoms with Crippen LogP contribution < -0.4 is 10.1 Å². The second kappa shape index (κ2) is 7.77. The molecule has 1 unspecified atom stereocenters. The van der Waals surface area contributed by atoms with Gasteiger partial charge in [-0.25, -0.2) is 8.42 Å². The number of hydrogen-bond donors (Lipinski definition) is 1. The van der Waals surface area contributed by atoms with Crippen molar-refractivity contribution >= 4 is 26.0 Å². The lowest BCUT2D eigenvalue weighted by molar-refractivity contribution is 0.333. The van der Waals surface area contributed by atoms with E-state index in [-0.39, 0.29) is 6.04 Å². The van der Waals surface area contributed by atoms with Gasteiger partial charge in [0.1, 0.15) is 5.75 Å². The standard InChI is InChI=1S/C15H23BrN2O3S/c1-3-9-18(12-7-8-17-11-12)22(19,20)13-5-6-15(21-4-2)14(16)10-13/h5-6,10,12,17H,3-4,7-9,11H2,1-2H3. The van der Waals surface area contributed by atoms with Gasteiger partial charge in [0.05, 0.1) is 16.0 Å². The molecule has 1 atom stereocenters. The van der Waals surface area contributed by atoms with E-state index in [9.17, 15) is 8.42 Å². The maximum absolute atomic E-state index is 13.0. The molecule has 7 heteroatoms. The van der Waals surface area contributed by atoms with Gasteiger partial charge in [-0.15, -0.1) is 0 Å². The molecule has 0 bridgehead atoms. The van der Waals surface area contributed by atoms with Crippen molar-refractivity contribution in [3.8, 4) is 5.75 Å². The van der Waals surface area contributed by atoms with Crippen LogP contribution in [0.1, 0.15) is 26.7 Å². The Morgan fingerprint density at radius 2 is 2.18 bits per heavy atom. The van der Waals surface area contributed by atoms with Crippen molar-refractivity contribution in [1.82, 2.24) is 9.62 Å². The molecular formula is C15H23BrN2O3S. The normalized spacial score (nSPS) is 18.8. The number of nitrogens with zero attached hydrogens (tertiary/aromatic N) is 1. The van der Waals surface area contributed by atoms with Gasteiger partial charge >= 0.3 is 0 Å². The monoisotopic (exact) mass is 390 g/mol. The van der Waals surface area contributed by atoms with E-state index < -0.39 is 10.0 Å². The molecule has 22 heavy (non-hydrogen) atoms. The first kappa shape index (κ1) is 17.7. The van der Waals surface area contributed by atoms with Gasteiger partial charge in [-0.05, 0) is 60.4 Å². The third kappa shape index (κ3) is 3.82. The van der Waals surface area contributed by atoms with Crippen LogP contribution in [0, 0.1) is 0 Å². The summed E-state index contributed by atoms with van der Waals surface area (Å²) < 4.78 is 33.7. The lowest BCUT2D eigenvalue weighted by atomic mass is 10.2. The molecule has 0 aromatic heterocycles. The van der Waals surface area contributed by atoms with Crippen LogP contribution in [0.2, 0.25) is 0 Å². The second-order valence-corrected chi connectivity index (χ2v) is 8.03. The smallest absolute Gasteiger partial charge is 0.243 e. The van der Waals surface area contributed by atoms with Crippen LogP contribution in [-0.2, 0) is 10.0 Å². The Hall–Kier alpha value is -0.630. The Bertz CT molecular complexity index is 601. The molecule has 1 aliphatic heterocycles. The van der Waals surface area contributed by atoms with Crippen molar-refractivity contribution in [3.63, 3.8) is 0 Å². The van der Waals surface area contributed by atoms with Gasteiger partial charge in [0.2, 0.25) is 10.0 Å². The van der Waals surface area contributed by atoms with Crippen LogP contribution in [0.25, 0.3) is 0 Å². The highest BCUT2D eigenvalue weighted by atomic mass is 79.9. The van der Waals surface area contributed by atoms with Crippen LogP contribution in [0.4, 0.5) is 0 Å². The Labute approximate surface area is 141 Å². The van der Waals surface area contributed by atoms with Crippen LogP contribution in [0.5, 0.6) is 5.75 Å². The SMILES string of the molecule is CCCN(C1CCNC1)S(=O)(=O)c1ccc(OCC)c(Br)c1. The van der Waals surface area contributed by atoms with E-state index >= 15 is 0 Å². The molecule has 1 aromatic carbocycles. The Kier molecular flexibility index (Phi) is 6.26. The first-order valence-electron chi connectivity index (χ1n) is 7.65. The van der Waals surface area contributed by atoms with Crippen LogP contribution in [-0.4, -0.2) is 45.0 Å². The van der Waals surface area contributed by atoms with Gasteiger partial charge in [0, 0.05) is 19.1 Å². The minimum Gasteiger partial charge on any atom is -0.493 e. The molecule has 2 rings (SSSR count). The minimum absolute atomic E-state index is 0.0373. The highest BCUT2D eigenvalue weighted by molar-refractivity contribution is 9.10. The van der Waals surface area contributed by atoms with Gasteiger partial charge in [0.15, 0.2) is 0 Å². The highest BCUT2D eigenvalue weighted by Gasteiger charge is 2.32. The van der Waals surface area contributed by atoms with Crippen molar-refractivity contribution in [3.05, 3.63) is 22.7 Å². The molecule has 1 saturated heterocycles. The highest BCUT2D eigenvalue weighted by Crippen LogP contribution is 2.30. The predicted molar refractivity (Wildman–Crippen MR) is 90.8 cm³/mol. The zero-order valence-corrected chi connectivity index (χ0v) is 15.4. The topological polar surface area (TPSA) is 58.6 Å². The van der Waals surface area contributed by atoms with E-state index in [2.05, 4.69) is 21.2 Å². The number of nitrogens with one attached hydrogen (secondary N) is 1. The first-order chi connectivity index (χ1) is 10.5. The fourth-order valence-electron chi connectivity index (χ4n) is 2.65. The van der Waals surface area contributed by atoms with Crippen molar-refractivity contribution in [2.75, 3.05) is 26.2 Å². The van der Waals surface area contributed by atoms with Gasteiger partial charge < -0.3 is 10.1 Å². The van der Waals surface area contributed by atoms with Gasteiger partial charge in [-0.2, -0.15) is 4.31 Å². The molecule has 1 aliphatic rings. The van der Waals surface area contributed by atoms with Gasteiger partial charge in [-0.3, -0.25) is 0 Å². The van der Waals surface area contributed by atoms with E-state index in [0.717, 1.165) is 25.9 Å². The minimum atomic E-state index is -3.49. The average Bonchev–Trinajstić information content (AvgIpc) is 3.00. The molecule has 0 spiro atoms. The Morgan fingerprint density at radius 1 is 1.41 bits per heavy atom. The number of benzene rings is 1. The molecular weight excluding hydrogens is 368 g/mol. The molecule has 0 amide bonds. The molecule has 1 aromatic rings. The molecule has 124 valence electrons. The predicted octanol–water partition coefficient (Wildman–Crippen LogP) is 2.61. The Morgan fingerprint density at radius 3 is 2.73 bits per heavy atom. The van der Waals surface area contributed by atoms with Gasteiger partial charge in [-0.1, -0.05) is 6.92 Å². The molecule has 5 nitrogen and oxygen atoms in total. The maximum atomic E-state index is 13.0. The third-order valence-corrected chi connectivity index (χ3v) is 6.26. The molecule has 0 radical (unpaired) electrons. The van der Waals surface area contributed by atoms with E-state index in [1.54, 1.807) is 22.5 Å². The number of halogens is 1. The number of rotatable bonds is 7. The molecule has 1 fully saturated rings. The third-order valence-electron chi connectivity index (χ3n) is 3.70. The maximum Gasteiger partial charge on any atom is 0.243 e. The summed E-state index contributed by atoms with van der Waals surface area (Å²) in [5.74, 6) is 0.658. The number of ether oxygens (including phenoxy) is 1. The summed E-state index contributed by atoms with van der Waals surface area (Å²) in [7, 11) is -3.49. The van der Waals surface area contributed by atoms with Crippen LogP contribution >= 0.6 is 15.9 Å². The van der Waals surface area contributed by atoms with Crippen molar-refractivity contribution < 1.29 is 13.2 Å². The van der Waals surface area contributed by atoms with Crippen LogP contribution in [0.15, 0.2) is 27.6 Å². The molecule has 1 heterocycles. The zero-order valence-electron chi connectivity index (χ0n) is 13.0. The molecule has 0 aliphatic carbocycles. The largest absolute Gasteiger partial charge is 0.493 e. The fourth-order valence-corrected chi connectivity index (χ4v) is 5.07. The summed E-state index contributed by atoms with van der Waals surface area (Å²) in [6.45, 7) is 6.57. The first-order valence-corrected chi connectivity index (χ1v) is 9.89. The molecule has 1 N–H and O–H groups in total. The molecule has 0 saturated carbocycles. The fraction of sp³-hybridized carbons (Fsp3) is 0.600. The summed E-state index contributed by atoms with van der Waals surface area (Å²) in [6.07, 6.45) is 1.66. The van der Waals surface area contributed by atoms with E-state index in [1.807, 2.05) is 13.8 Å². The van der Waals surface area contributed by atoms with Crippen LogP contribution in [0.3, 0.4) is 0 Å². The number of sulfonamides is 1. The summed E-state index contributed by atoms with van der Waals surface area (Å²) in [5.41, 5.74) is 0. The van der Waals surface area contributed by atoms with Crippen molar-refractivity contribution in [2.45, 2.75) is 37.6 Å². The summed E-state index contributed by atoms with van der Waals surface area (Å²) in [5, 5.41) is 3.24. The van der Waals surface area contributed by atoms with Crippen molar-refractivity contribution in [1.29, 1.82) is 0 Å². The average molecular weight is 391 g/mol. The van der Waals surface area contributed by atoms with E-state index in [4.69, 9.17) is 4.74 Å². The van der Waals surface area contributed by atoms with Gasteiger partial charge in [0.25, 0.3) is 0 Å². The zero-order chi connectivity index (χ0) is 16.2. The number of hydrogen-bond acceptors (Lipinski definition) is 4. The van der Waals surface area contributed by atoms with E-state index in [0.29, 0.717) is 28.3 Å². The van der Waals surface area contributed by atoms with E-state index in [1.165, 1.54) is 0 Å².